The normalized spacial score (nSPS) is 14.4. The minimum atomic E-state index is -1.33. The third-order valence-corrected chi connectivity index (χ3v) is 8.20. The van der Waals surface area contributed by atoms with Crippen LogP contribution in [0.25, 0.3) is 11.1 Å². The zero-order chi connectivity index (χ0) is 29.8. The van der Waals surface area contributed by atoms with E-state index < -0.39 is 30.1 Å². The zero-order valence-corrected chi connectivity index (χ0v) is 24.4. The number of ether oxygens (including phenoxy) is 1. The lowest BCUT2D eigenvalue weighted by molar-refractivity contribution is -0.142. The molecule has 0 aromatic heterocycles. The number of rotatable bonds is 10. The molecule has 0 saturated carbocycles. The van der Waals surface area contributed by atoms with Gasteiger partial charge in [0.15, 0.2) is 5.75 Å². The van der Waals surface area contributed by atoms with Crippen molar-refractivity contribution in [1.82, 2.24) is 10.2 Å². The van der Waals surface area contributed by atoms with Gasteiger partial charge in [-0.15, -0.1) is 0 Å². The lowest BCUT2D eigenvalue weighted by atomic mass is 9.96. The van der Waals surface area contributed by atoms with Crippen LogP contribution in [-0.4, -0.2) is 58.8 Å². The van der Waals surface area contributed by atoms with Gasteiger partial charge in [-0.25, -0.2) is 9.59 Å². The number of carbonyl (C=O) groups excluding carboxylic acids is 2. The lowest BCUT2D eigenvalue weighted by Gasteiger charge is -2.32. The number of phenolic OH excluding ortho intramolecular Hbond substituents is 1. The summed E-state index contributed by atoms with van der Waals surface area (Å²) in [5, 5.41) is 22.1. The van der Waals surface area contributed by atoms with Gasteiger partial charge in [-0.05, 0) is 45.9 Å². The number of aliphatic carboxylic acids is 1. The van der Waals surface area contributed by atoms with Gasteiger partial charge in [-0.3, -0.25) is 9.69 Å². The lowest BCUT2D eigenvalue weighted by Crippen LogP contribution is -2.55. The minimum absolute atomic E-state index is 0.0320. The number of halogens is 2. The van der Waals surface area contributed by atoms with Crippen molar-refractivity contribution in [2.75, 3.05) is 13.7 Å². The molecular weight excluding hydrogens is 567 g/mol. The Morgan fingerprint density at radius 1 is 1.00 bits per heavy atom. The number of fused-ring (bicyclic) bond motifs is 3. The van der Waals surface area contributed by atoms with Crippen LogP contribution in [-0.2, 0) is 20.7 Å². The summed E-state index contributed by atoms with van der Waals surface area (Å²) >= 11 is 12.0. The summed E-state index contributed by atoms with van der Waals surface area (Å²) in [4.78, 5) is 40.0. The molecule has 0 aliphatic heterocycles. The van der Waals surface area contributed by atoms with Gasteiger partial charge >= 0.3 is 12.1 Å². The number of hydrogen-bond donors (Lipinski definition) is 3. The Bertz CT molecular complexity index is 1390. The molecule has 0 fully saturated rings. The molecule has 0 heterocycles. The Morgan fingerprint density at radius 3 is 2.05 bits per heavy atom. The summed E-state index contributed by atoms with van der Waals surface area (Å²) < 4.78 is 5.75. The molecule has 10 heteroatoms. The average Bonchev–Trinajstić information content (AvgIpc) is 3.27. The first kappa shape index (κ1) is 30.2. The molecular formula is C31H32Cl2N2O6. The fourth-order valence-corrected chi connectivity index (χ4v) is 5.81. The van der Waals surface area contributed by atoms with E-state index in [1.165, 1.54) is 24.1 Å². The quantitative estimate of drug-likeness (QED) is 0.259. The van der Waals surface area contributed by atoms with Crippen LogP contribution < -0.4 is 5.32 Å². The van der Waals surface area contributed by atoms with E-state index in [1.54, 1.807) is 0 Å². The Labute approximate surface area is 248 Å². The molecule has 0 unspecified atom stereocenters. The van der Waals surface area contributed by atoms with Crippen molar-refractivity contribution in [2.45, 2.75) is 44.7 Å². The Kier molecular flexibility index (Phi) is 9.46. The second kappa shape index (κ2) is 12.8. The first-order valence-electron chi connectivity index (χ1n) is 13.3. The van der Waals surface area contributed by atoms with Crippen LogP contribution in [0.3, 0.4) is 0 Å². The zero-order valence-electron chi connectivity index (χ0n) is 22.9. The largest absolute Gasteiger partial charge is 0.505 e. The Morgan fingerprint density at radius 2 is 1.54 bits per heavy atom. The number of amides is 2. The molecule has 41 heavy (non-hydrogen) atoms. The molecule has 216 valence electrons. The second-order valence-corrected chi connectivity index (χ2v) is 11.1. The van der Waals surface area contributed by atoms with Crippen molar-refractivity contribution in [1.29, 1.82) is 0 Å². The number of carboxylic acid groups (broad SMARTS) is 1. The topological polar surface area (TPSA) is 116 Å². The molecule has 0 saturated heterocycles. The first-order valence-corrected chi connectivity index (χ1v) is 14.1. The minimum Gasteiger partial charge on any atom is -0.505 e. The van der Waals surface area contributed by atoms with Crippen molar-refractivity contribution < 1.29 is 29.3 Å². The summed E-state index contributed by atoms with van der Waals surface area (Å²) in [6.07, 6.45) is -0.265. The highest BCUT2D eigenvalue weighted by atomic mass is 35.5. The van der Waals surface area contributed by atoms with Crippen molar-refractivity contribution in [3.63, 3.8) is 0 Å². The van der Waals surface area contributed by atoms with Gasteiger partial charge < -0.3 is 20.3 Å². The smallest absolute Gasteiger partial charge is 0.410 e. The van der Waals surface area contributed by atoms with Gasteiger partial charge in [0.05, 0.1) is 10.0 Å². The highest BCUT2D eigenvalue weighted by molar-refractivity contribution is 6.37. The van der Waals surface area contributed by atoms with E-state index in [2.05, 4.69) is 5.32 Å². The number of phenols is 1. The third kappa shape index (κ3) is 6.44. The molecule has 3 aromatic carbocycles. The first-order chi connectivity index (χ1) is 19.5. The highest BCUT2D eigenvalue weighted by Gasteiger charge is 2.36. The summed E-state index contributed by atoms with van der Waals surface area (Å²) in [7, 11) is 1.48. The van der Waals surface area contributed by atoms with Crippen molar-refractivity contribution in [3.05, 3.63) is 87.4 Å². The van der Waals surface area contributed by atoms with Gasteiger partial charge in [-0.1, -0.05) is 92.0 Å². The average molecular weight is 600 g/mol. The van der Waals surface area contributed by atoms with Crippen LogP contribution in [0.5, 0.6) is 5.75 Å². The van der Waals surface area contributed by atoms with E-state index in [0.717, 1.165) is 22.3 Å². The summed E-state index contributed by atoms with van der Waals surface area (Å²) in [5.41, 5.74) is 4.75. The number of carboxylic acids is 1. The number of benzene rings is 3. The van der Waals surface area contributed by atoms with Crippen LogP contribution in [0.4, 0.5) is 4.79 Å². The van der Waals surface area contributed by atoms with Crippen molar-refractivity contribution in [3.8, 4) is 16.9 Å². The maximum absolute atomic E-state index is 13.5. The maximum Gasteiger partial charge on any atom is 0.410 e. The number of nitrogens with one attached hydrogen (secondary N) is 1. The molecule has 4 rings (SSSR count). The summed E-state index contributed by atoms with van der Waals surface area (Å²) in [6, 6.07) is 16.5. The van der Waals surface area contributed by atoms with Crippen molar-refractivity contribution in [2.24, 2.45) is 5.92 Å². The molecule has 3 N–H and O–H groups in total. The van der Waals surface area contributed by atoms with Crippen LogP contribution in [0.1, 0.15) is 42.9 Å². The molecule has 8 nitrogen and oxygen atoms in total. The monoisotopic (exact) mass is 598 g/mol. The summed E-state index contributed by atoms with van der Waals surface area (Å²) in [6.45, 7) is 3.78. The van der Waals surface area contributed by atoms with E-state index in [4.69, 9.17) is 27.9 Å². The number of aromatic hydroxyl groups is 1. The highest BCUT2D eigenvalue weighted by Crippen LogP contribution is 2.44. The second-order valence-electron chi connectivity index (χ2n) is 10.3. The fourth-order valence-electron chi connectivity index (χ4n) is 5.28. The Hall–Kier alpha value is -3.75. The van der Waals surface area contributed by atoms with Crippen LogP contribution >= 0.6 is 23.2 Å². The number of nitrogens with zero attached hydrogens (tertiary/aromatic N) is 1. The van der Waals surface area contributed by atoms with E-state index in [1.807, 2.05) is 62.4 Å². The number of likely N-dealkylation sites (N-methyl/N-ethyl adjacent to an activating group) is 1. The standard InChI is InChI=1S/C31H32Cl2N2O6/c1-4-17(2)27(29(37)34-26(30(38)39)15-18-13-24(32)28(36)25(33)14-18)35(3)31(40)41-16-23-21-11-7-5-9-19(21)20-10-6-8-12-22(20)23/h5-14,17,23,26-27,36H,4,15-16H2,1-3H3,(H,34,37)(H,38,39)/t17-,26+,27-/m0/s1. The van der Waals surface area contributed by atoms with E-state index in [9.17, 15) is 24.6 Å². The van der Waals surface area contributed by atoms with E-state index in [0.29, 0.717) is 12.0 Å². The van der Waals surface area contributed by atoms with E-state index >= 15 is 0 Å². The Balaban J connectivity index is 1.48. The van der Waals surface area contributed by atoms with Crippen LogP contribution in [0, 0.1) is 5.92 Å². The molecule has 0 radical (unpaired) electrons. The SMILES string of the molecule is CC[C@H](C)[C@@H](C(=O)N[C@H](Cc1cc(Cl)c(O)c(Cl)c1)C(=O)O)N(C)C(=O)OCC1c2ccccc2-c2ccccc21. The predicted molar refractivity (Wildman–Crippen MR) is 157 cm³/mol. The molecule has 1 aliphatic carbocycles. The van der Waals surface area contributed by atoms with Gasteiger partial charge in [0.25, 0.3) is 0 Å². The van der Waals surface area contributed by atoms with Gasteiger partial charge in [0.2, 0.25) is 5.91 Å². The molecule has 0 spiro atoms. The summed E-state index contributed by atoms with van der Waals surface area (Å²) in [5.74, 6) is -2.65. The molecule has 3 aromatic rings. The van der Waals surface area contributed by atoms with Gasteiger partial charge in [-0.2, -0.15) is 0 Å². The molecule has 2 amide bonds. The fraction of sp³-hybridized carbons (Fsp3) is 0.323. The molecule has 1 aliphatic rings. The maximum atomic E-state index is 13.5. The number of hydrogen-bond acceptors (Lipinski definition) is 5. The number of carbonyl (C=O) groups is 3. The van der Waals surface area contributed by atoms with Gasteiger partial charge in [0, 0.05) is 19.4 Å². The van der Waals surface area contributed by atoms with Gasteiger partial charge in [0.1, 0.15) is 18.7 Å². The predicted octanol–water partition coefficient (Wildman–Crippen LogP) is 6.11. The third-order valence-electron chi connectivity index (χ3n) is 7.62. The van der Waals surface area contributed by atoms with Crippen molar-refractivity contribution >= 4 is 41.2 Å². The van der Waals surface area contributed by atoms with E-state index in [-0.39, 0.29) is 40.7 Å². The molecule has 3 atom stereocenters. The van der Waals surface area contributed by atoms with Crippen LogP contribution in [0.2, 0.25) is 10.0 Å². The van der Waals surface area contributed by atoms with Crippen LogP contribution in [0.15, 0.2) is 60.7 Å². The molecule has 0 bridgehead atoms.